The lowest BCUT2D eigenvalue weighted by Crippen LogP contribution is -2.09. The number of aromatic hydroxyl groups is 1. The van der Waals surface area contributed by atoms with E-state index in [0.717, 1.165) is 28.2 Å². The molecular weight excluding hydrogens is 450 g/mol. The minimum atomic E-state index is -0.500. The van der Waals surface area contributed by atoms with Crippen molar-refractivity contribution in [2.24, 2.45) is 0 Å². The summed E-state index contributed by atoms with van der Waals surface area (Å²) in [6.07, 6.45) is 1.46. The lowest BCUT2D eigenvalue weighted by Gasteiger charge is -2.25. The fourth-order valence-corrected chi connectivity index (χ4v) is 4.34. The van der Waals surface area contributed by atoms with Crippen LogP contribution in [-0.2, 0) is 0 Å². The molecule has 1 N–H and O–H groups in total. The van der Waals surface area contributed by atoms with E-state index in [2.05, 4.69) is 41.3 Å². The van der Waals surface area contributed by atoms with Gasteiger partial charge in [-0.3, -0.25) is 4.79 Å². The van der Waals surface area contributed by atoms with Gasteiger partial charge in [0.25, 0.3) is 0 Å². The smallest absolute Gasteiger partial charge is 0.235 e. The van der Waals surface area contributed by atoms with Gasteiger partial charge in [-0.15, -0.1) is 0 Å². The molecule has 0 saturated carbocycles. The van der Waals surface area contributed by atoms with Crippen molar-refractivity contribution in [2.45, 2.75) is 0 Å². The number of benzene rings is 4. The van der Waals surface area contributed by atoms with E-state index in [1.165, 1.54) is 6.26 Å². The summed E-state index contributed by atoms with van der Waals surface area (Å²) < 4.78 is 11.1. The Morgan fingerprint density at radius 3 is 1.86 bits per heavy atom. The topological polar surface area (TPSA) is 66.8 Å². The van der Waals surface area contributed by atoms with Gasteiger partial charge in [-0.05, 0) is 71.8 Å². The zero-order valence-corrected chi connectivity index (χ0v) is 19.2. The van der Waals surface area contributed by atoms with E-state index in [0.29, 0.717) is 16.7 Å². The van der Waals surface area contributed by atoms with Crippen molar-refractivity contribution >= 4 is 28.0 Å². The largest absolute Gasteiger partial charge is 0.501 e. The molecule has 0 radical (unpaired) electrons. The number of rotatable bonds is 5. The molecule has 0 fully saturated rings. The molecule has 0 saturated heterocycles. The van der Waals surface area contributed by atoms with Crippen LogP contribution in [-0.4, -0.2) is 5.11 Å². The maximum absolute atomic E-state index is 12.9. The standard InChI is InChI=1S/C31H21NO4/c33-29-26-20-22(15-18-27(26)36-31(30(29)34)28-12-7-19-35-28)21-13-16-25(17-14-21)32(23-8-3-1-4-9-23)24-10-5-2-6-11-24/h1-20,34H. The van der Waals surface area contributed by atoms with Crippen LogP contribution >= 0.6 is 0 Å². The molecule has 4 aromatic carbocycles. The highest BCUT2D eigenvalue weighted by atomic mass is 16.4. The number of para-hydroxylation sites is 2. The van der Waals surface area contributed by atoms with E-state index in [1.807, 2.05) is 54.6 Å². The zero-order chi connectivity index (χ0) is 24.5. The van der Waals surface area contributed by atoms with Gasteiger partial charge in [0.15, 0.2) is 5.76 Å². The van der Waals surface area contributed by atoms with Gasteiger partial charge >= 0.3 is 0 Å². The second-order valence-electron chi connectivity index (χ2n) is 8.35. The van der Waals surface area contributed by atoms with Gasteiger partial charge < -0.3 is 18.8 Å². The quantitative estimate of drug-likeness (QED) is 0.277. The first-order valence-corrected chi connectivity index (χ1v) is 11.5. The molecule has 174 valence electrons. The number of nitrogens with zero attached hydrogens (tertiary/aromatic N) is 1. The lowest BCUT2D eigenvalue weighted by molar-refractivity contribution is 0.439. The van der Waals surface area contributed by atoms with Crippen LogP contribution < -0.4 is 10.3 Å². The van der Waals surface area contributed by atoms with Crippen LogP contribution in [0.2, 0.25) is 0 Å². The van der Waals surface area contributed by atoms with Crippen LogP contribution in [0, 0.1) is 0 Å². The number of hydrogen-bond donors (Lipinski definition) is 1. The third kappa shape index (κ3) is 3.83. The minimum absolute atomic E-state index is 0.0246. The molecular formula is C31H21NO4. The first kappa shape index (κ1) is 21.5. The Kier molecular flexibility index (Phi) is 5.35. The maximum atomic E-state index is 12.9. The highest BCUT2D eigenvalue weighted by molar-refractivity contribution is 5.86. The molecule has 0 aliphatic carbocycles. The van der Waals surface area contributed by atoms with E-state index in [1.54, 1.807) is 24.3 Å². The summed E-state index contributed by atoms with van der Waals surface area (Å²) >= 11 is 0. The molecule has 36 heavy (non-hydrogen) atoms. The molecule has 2 heterocycles. The predicted octanol–water partition coefficient (Wildman–Crippen LogP) is 7.90. The highest BCUT2D eigenvalue weighted by Gasteiger charge is 2.18. The fraction of sp³-hybridized carbons (Fsp3) is 0. The molecule has 6 aromatic rings. The Morgan fingerprint density at radius 2 is 1.25 bits per heavy atom. The van der Waals surface area contributed by atoms with E-state index in [-0.39, 0.29) is 5.76 Å². The SMILES string of the molecule is O=c1c(O)c(-c2ccco2)oc2ccc(-c3ccc(N(c4ccccc4)c4ccccc4)cc3)cc12. The van der Waals surface area contributed by atoms with Crippen molar-refractivity contribution in [1.29, 1.82) is 0 Å². The van der Waals surface area contributed by atoms with Gasteiger partial charge in [-0.2, -0.15) is 0 Å². The van der Waals surface area contributed by atoms with Crippen LogP contribution in [0.5, 0.6) is 5.75 Å². The summed E-state index contributed by atoms with van der Waals surface area (Å²) in [5, 5.41) is 10.8. The number of hydrogen-bond acceptors (Lipinski definition) is 5. The van der Waals surface area contributed by atoms with E-state index in [4.69, 9.17) is 8.83 Å². The Labute approximate surface area is 207 Å². The second kappa shape index (κ2) is 8.96. The Bertz CT molecular complexity index is 1650. The average Bonchev–Trinajstić information content (AvgIpc) is 3.47. The van der Waals surface area contributed by atoms with Gasteiger partial charge in [0.2, 0.25) is 16.9 Å². The first-order chi connectivity index (χ1) is 17.7. The molecule has 0 aliphatic rings. The normalized spacial score (nSPS) is 11.0. The molecule has 0 spiro atoms. The van der Waals surface area contributed by atoms with Gasteiger partial charge in [0.1, 0.15) is 5.58 Å². The number of fused-ring (bicyclic) bond motifs is 1. The molecule has 0 bridgehead atoms. The summed E-state index contributed by atoms with van der Waals surface area (Å²) in [5.41, 5.74) is 4.79. The van der Waals surface area contributed by atoms with E-state index < -0.39 is 11.2 Å². The van der Waals surface area contributed by atoms with Crippen molar-refractivity contribution in [3.63, 3.8) is 0 Å². The van der Waals surface area contributed by atoms with Crippen LogP contribution in [0.15, 0.2) is 135 Å². The summed E-state index contributed by atoms with van der Waals surface area (Å²) in [4.78, 5) is 15.1. The van der Waals surface area contributed by atoms with Crippen LogP contribution in [0.3, 0.4) is 0 Å². The van der Waals surface area contributed by atoms with Crippen LogP contribution in [0.25, 0.3) is 33.6 Å². The minimum Gasteiger partial charge on any atom is -0.501 e. The van der Waals surface area contributed by atoms with Gasteiger partial charge in [-0.1, -0.05) is 54.6 Å². The maximum Gasteiger partial charge on any atom is 0.235 e. The average molecular weight is 472 g/mol. The molecule has 5 heteroatoms. The summed E-state index contributed by atoms with van der Waals surface area (Å²) in [5.74, 6) is -0.143. The molecule has 0 aliphatic heterocycles. The molecule has 0 amide bonds. The van der Waals surface area contributed by atoms with E-state index in [9.17, 15) is 9.90 Å². The van der Waals surface area contributed by atoms with Gasteiger partial charge in [-0.25, -0.2) is 0 Å². The molecule has 6 rings (SSSR count). The van der Waals surface area contributed by atoms with E-state index >= 15 is 0 Å². The monoisotopic (exact) mass is 471 g/mol. The molecule has 0 unspecified atom stereocenters. The number of furan rings is 1. The van der Waals surface area contributed by atoms with Crippen molar-refractivity contribution in [1.82, 2.24) is 0 Å². The second-order valence-corrected chi connectivity index (χ2v) is 8.35. The summed E-state index contributed by atoms with van der Waals surface area (Å²) in [6.45, 7) is 0. The Morgan fingerprint density at radius 1 is 0.639 bits per heavy atom. The van der Waals surface area contributed by atoms with Gasteiger partial charge in [0.05, 0.1) is 11.6 Å². The fourth-order valence-electron chi connectivity index (χ4n) is 4.34. The van der Waals surface area contributed by atoms with Gasteiger partial charge in [0, 0.05) is 17.1 Å². The lowest BCUT2D eigenvalue weighted by atomic mass is 10.0. The number of anilines is 3. The van der Waals surface area contributed by atoms with Crippen molar-refractivity contribution in [3.05, 3.63) is 132 Å². The Balaban J connectivity index is 1.39. The molecule has 5 nitrogen and oxygen atoms in total. The van der Waals surface area contributed by atoms with Crippen molar-refractivity contribution < 1.29 is 13.9 Å². The van der Waals surface area contributed by atoms with Crippen LogP contribution in [0.1, 0.15) is 0 Å². The Hall–Kier alpha value is -5.03. The third-order valence-corrected chi connectivity index (χ3v) is 6.10. The summed E-state index contributed by atoms with van der Waals surface area (Å²) in [7, 11) is 0. The third-order valence-electron chi connectivity index (χ3n) is 6.10. The molecule has 0 atom stereocenters. The first-order valence-electron chi connectivity index (χ1n) is 11.5. The predicted molar refractivity (Wildman–Crippen MR) is 142 cm³/mol. The molecule has 2 aromatic heterocycles. The van der Waals surface area contributed by atoms with Crippen molar-refractivity contribution in [2.75, 3.05) is 4.90 Å². The highest BCUT2D eigenvalue weighted by Crippen LogP contribution is 2.36. The van der Waals surface area contributed by atoms with Crippen LogP contribution in [0.4, 0.5) is 17.1 Å². The zero-order valence-electron chi connectivity index (χ0n) is 19.2. The summed E-state index contributed by atoms with van der Waals surface area (Å²) in [6, 6.07) is 37.2. The van der Waals surface area contributed by atoms with Crippen molar-refractivity contribution in [3.8, 4) is 28.4 Å².